The van der Waals surface area contributed by atoms with Gasteiger partial charge in [0, 0.05) is 19.9 Å². The van der Waals surface area contributed by atoms with E-state index in [2.05, 4.69) is 21.3 Å². The van der Waals surface area contributed by atoms with Crippen LogP contribution in [0.25, 0.3) is 11.2 Å². The molecule has 3 atom stereocenters. The lowest BCUT2D eigenvalue weighted by Crippen LogP contribution is -2.33. The number of carbonyl (C=O) groups excluding carboxylic acids is 2. The van der Waals surface area contributed by atoms with Gasteiger partial charge in [0.05, 0.1) is 25.8 Å². The minimum atomic E-state index is -0.978. The summed E-state index contributed by atoms with van der Waals surface area (Å²) in [5.41, 5.74) is 5.92. The normalized spacial score (nSPS) is 21.6. The van der Waals surface area contributed by atoms with Crippen molar-refractivity contribution >= 4 is 29.1 Å². The van der Waals surface area contributed by atoms with Crippen LogP contribution in [0.2, 0.25) is 0 Å². The van der Waals surface area contributed by atoms with Crippen LogP contribution < -0.4 is 11.4 Å². The fourth-order valence-corrected chi connectivity index (χ4v) is 3.27. The summed E-state index contributed by atoms with van der Waals surface area (Å²) >= 11 is 0. The quantitative estimate of drug-likeness (QED) is 0.538. The van der Waals surface area contributed by atoms with Crippen molar-refractivity contribution in [2.45, 2.75) is 44.7 Å². The number of allylic oxidation sites excluding steroid dienone is 1. The molecule has 2 aromatic heterocycles. The Bertz CT molecular complexity index is 980. The molecule has 28 heavy (non-hydrogen) atoms. The van der Waals surface area contributed by atoms with Gasteiger partial charge in [0.25, 0.3) is 0 Å². The molecule has 3 heterocycles. The Labute approximate surface area is 159 Å². The average molecular weight is 391 g/mol. The number of esters is 2. The average Bonchev–Trinajstić information content (AvgIpc) is 3.12. The first kappa shape index (κ1) is 19.5. The number of nitrogen functional groups attached to an aromatic ring is 1. The number of anilines is 1. The molecule has 1 aliphatic rings. The molecule has 11 nitrogen and oxygen atoms in total. The Hall–Kier alpha value is -3.21. The Morgan fingerprint density at radius 1 is 1.50 bits per heavy atom. The molecular weight excluding hydrogens is 370 g/mol. The van der Waals surface area contributed by atoms with E-state index < -0.39 is 36.1 Å². The van der Waals surface area contributed by atoms with Gasteiger partial charge in [0.15, 0.2) is 11.9 Å². The highest BCUT2D eigenvalue weighted by molar-refractivity contribution is 5.72. The topological polar surface area (TPSA) is 141 Å². The molecule has 2 N–H and O–H groups in total. The summed E-state index contributed by atoms with van der Waals surface area (Å²) in [6.45, 7) is 5.12. The summed E-state index contributed by atoms with van der Waals surface area (Å²) in [6, 6.07) is 0. The van der Waals surface area contributed by atoms with Crippen molar-refractivity contribution in [3.05, 3.63) is 29.3 Å². The van der Waals surface area contributed by atoms with Gasteiger partial charge in [-0.1, -0.05) is 6.08 Å². The molecule has 3 rings (SSSR count). The number of carbonyl (C=O) groups is 2. The summed E-state index contributed by atoms with van der Waals surface area (Å²) in [5.74, 6) is -1.03. The molecule has 1 saturated heterocycles. The van der Waals surface area contributed by atoms with Crippen LogP contribution in [0.1, 0.15) is 26.0 Å². The van der Waals surface area contributed by atoms with Gasteiger partial charge < -0.3 is 19.9 Å². The van der Waals surface area contributed by atoms with Gasteiger partial charge in [-0.15, -0.1) is 6.58 Å². The predicted molar refractivity (Wildman–Crippen MR) is 97.1 cm³/mol. The number of ether oxygens (including phenoxy) is 3. The smallest absolute Gasteiger partial charge is 0.332 e. The van der Waals surface area contributed by atoms with E-state index >= 15 is 0 Å². The van der Waals surface area contributed by atoms with Crippen LogP contribution in [0.15, 0.2) is 23.6 Å². The molecule has 0 spiro atoms. The highest BCUT2D eigenvalue weighted by atomic mass is 16.6. The second kappa shape index (κ2) is 7.80. The van der Waals surface area contributed by atoms with Crippen LogP contribution in [0.3, 0.4) is 0 Å². The van der Waals surface area contributed by atoms with Crippen LogP contribution in [0, 0.1) is 0 Å². The Morgan fingerprint density at radius 2 is 2.25 bits per heavy atom. The summed E-state index contributed by atoms with van der Waals surface area (Å²) in [4.78, 5) is 44.3. The first-order valence-corrected chi connectivity index (χ1v) is 8.59. The first-order chi connectivity index (χ1) is 13.3. The number of hydrogen-bond acceptors (Lipinski definition) is 9. The van der Waals surface area contributed by atoms with Crippen molar-refractivity contribution < 1.29 is 23.8 Å². The van der Waals surface area contributed by atoms with E-state index in [1.54, 1.807) is 6.08 Å². The third kappa shape index (κ3) is 3.60. The largest absolute Gasteiger partial charge is 0.469 e. The zero-order valence-electron chi connectivity index (χ0n) is 15.5. The van der Waals surface area contributed by atoms with E-state index in [-0.39, 0.29) is 31.0 Å². The third-order valence-corrected chi connectivity index (χ3v) is 4.38. The summed E-state index contributed by atoms with van der Waals surface area (Å²) in [7, 11) is 1.27. The molecular formula is C17H21N5O6. The van der Waals surface area contributed by atoms with E-state index in [0.29, 0.717) is 5.52 Å². The molecule has 0 aliphatic carbocycles. The maximum Gasteiger partial charge on any atom is 0.332 e. The monoisotopic (exact) mass is 391 g/mol. The van der Waals surface area contributed by atoms with Gasteiger partial charge in [-0.05, 0) is 0 Å². The summed E-state index contributed by atoms with van der Waals surface area (Å²) < 4.78 is 18.6. The van der Waals surface area contributed by atoms with Gasteiger partial charge in [-0.25, -0.2) is 14.3 Å². The lowest BCUT2D eigenvalue weighted by atomic mass is 10.1. The van der Waals surface area contributed by atoms with E-state index in [0.717, 1.165) is 0 Å². The standard InChI is InChI=1S/C17H21N5O6/c1-4-5-21-11-8-19-16(18)20-14(11)22(17(21)25)15-12(27-9(2)23)6-10(28-15)7-13(24)26-3/h4,8,10,12,15H,1,5-7H2,2-3H3,(H2,18,19,20)/t10-,12+,15+/m0/s1. The number of imidazole rings is 1. The van der Waals surface area contributed by atoms with Crippen molar-refractivity contribution in [1.29, 1.82) is 0 Å². The third-order valence-electron chi connectivity index (χ3n) is 4.38. The van der Waals surface area contributed by atoms with E-state index in [1.807, 2.05) is 0 Å². The number of aromatic nitrogens is 4. The number of fused-ring (bicyclic) bond motifs is 1. The summed E-state index contributed by atoms with van der Waals surface area (Å²) in [6.07, 6.45) is 0.813. The van der Waals surface area contributed by atoms with Gasteiger partial charge in [-0.2, -0.15) is 4.98 Å². The molecule has 0 bridgehead atoms. The molecule has 2 aromatic rings. The number of methoxy groups -OCH3 is 1. The van der Waals surface area contributed by atoms with Gasteiger partial charge in [-0.3, -0.25) is 14.2 Å². The lowest BCUT2D eigenvalue weighted by molar-refractivity contribution is -0.153. The Morgan fingerprint density at radius 3 is 2.89 bits per heavy atom. The molecule has 0 amide bonds. The number of nitrogens with zero attached hydrogens (tertiary/aromatic N) is 4. The molecule has 0 aromatic carbocycles. The fourth-order valence-electron chi connectivity index (χ4n) is 3.27. The minimum absolute atomic E-state index is 0.0230. The van der Waals surface area contributed by atoms with E-state index in [1.165, 1.54) is 29.4 Å². The Balaban J connectivity index is 2.09. The Kier molecular flexibility index (Phi) is 5.45. The molecule has 0 unspecified atom stereocenters. The van der Waals surface area contributed by atoms with Crippen LogP contribution >= 0.6 is 0 Å². The molecule has 11 heteroatoms. The zero-order valence-corrected chi connectivity index (χ0v) is 15.5. The molecule has 1 fully saturated rings. The minimum Gasteiger partial charge on any atom is -0.469 e. The van der Waals surface area contributed by atoms with Crippen LogP contribution in [0.5, 0.6) is 0 Å². The second-order valence-electron chi connectivity index (χ2n) is 6.30. The maximum atomic E-state index is 13.1. The van der Waals surface area contributed by atoms with E-state index in [4.69, 9.17) is 15.2 Å². The predicted octanol–water partition coefficient (Wildman–Crippen LogP) is 0.144. The van der Waals surface area contributed by atoms with Crippen molar-refractivity contribution in [1.82, 2.24) is 19.1 Å². The van der Waals surface area contributed by atoms with Crippen molar-refractivity contribution in [3.63, 3.8) is 0 Å². The number of nitrogens with two attached hydrogens (primary N) is 1. The SMILES string of the molecule is C=CCn1c(=O)n([C@@H]2O[C@H](CC(=O)OC)C[C@H]2OC(C)=O)c2nc(N)ncc21. The first-order valence-electron chi connectivity index (χ1n) is 8.59. The molecule has 0 radical (unpaired) electrons. The number of hydrogen-bond donors (Lipinski definition) is 1. The van der Waals surface area contributed by atoms with Gasteiger partial charge in [0.2, 0.25) is 5.95 Å². The highest BCUT2D eigenvalue weighted by Gasteiger charge is 2.42. The summed E-state index contributed by atoms with van der Waals surface area (Å²) in [5, 5.41) is 0. The zero-order chi connectivity index (χ0) is 20.4. The number of rotatable bonds is 6. The van der Waals surface area contributed by atoms with Crippen LogP contribution in [-0.2, 0) is 30.3 Å². The van der Waals surface area contributed by atoms with Gasteiger partial charge in [0.1, 0.15) is 11.6 Å². The van der Waals surface area contributed by atoms with Crippen molar-refractivity contribution in [2.24, 2.45) is 0 Å². The van der Waals surface area contributed by atoms with Gasteiger partial charge >= 0.3 is 17.6 Å². The van der Waals surface area contributed by atoms with Crippen molar-refractivity contribution in [3.8, 4) is 0 Å². The van der Waals surface area contributed by atoms with Crippen LogP contribution in [0.4, 0.5) is 5.95 Å². The van der Waals surface area contributed by atoms with Crippen molar-refractivity contribution in [2.75, 3.05) is 12.8 Å². The van der Waals surface area contributed by atoms with Crippen LogP contribution in [-0.4, -0.2) is 50.4 Å². The molecule has 150 valence electrons. The second-order valence-corrected chi connectivity index (χ2v) is 6.30. The maximum absolute atomic E-state index is 13.1. The molecule has 1 aliphatic heterocycles. The fraction of sp³-hybridized carbons (Fsp3) is 0.471. The molecule has 0 saturated carbocycles. The highest BCUT2D eigenvalue weighted by Crippen LogP contribution is 2.34. The van der Waals surface area contributed by atoms with E-state index in [9.17, 15) is 14.4 Å². The lowest BCUT2D eigenvalue weighted by Gasteiger charge is -2.19.